The quantitative estimate of drug-likeness (QED) is 0.762. The number of hydrogen-bond acceptors (Lipinski definition) is 7. The molecular weight excluding hydrogens is 290 g/mol. The van der Waals surface area contributed by atoms with Crippen LogP contribution in [-0.2, 0) is 21.1 Å². The molecule has 2 heterocycles. The van der Waals surface area contributed by atoms with Gasteiger partial charge in [-0.2, -0.15) is 0 Å². The number of hydrogen-bond donors (Lipinski definition) is 1. The van der Waals surface area contributed by atoms with Crippen molar-refractivity contribution in [2.24, 2.45) is 11.7 Å². The highest BCUT2D eigenvalue weighted by molar-refractivity contribution is 8.00. The van der Waals surface area contributed by atoms with E-state index in [1.165, 1.54) is 0 Å². The first-order valence-electron chi connectivity index (χ1n) is 5.84. The Balaban J connectivity index is 1.93. The van der Waals surface area contributed by atoms with Crippen molar-refractivity contribution in [3.8, 4) is 0 Å². The minimum atomic E-state index is -2.90. The van der Waals surface area contributed by atoms with Gasteiger partial charge in [-0.1, -0.05) is 11.8 Å². The molecule has 1 aromatic rings. The largest absolute Gasteiger partial charge is 0.416 e. The van der Waals surface area contributed by atoms with Gasteiger partial charge in [0.05, 0.1) is 16.8 Å². The fourth-order valence-electron chi connectivity index (χ4n) is 1.86. The molecule has 1 aliphatic rings. The third kappa shape index (κ3) is 3.93. The zero-order chi connectivity index (χ0) is 14.0. The Kier molecular flexibility index (Phi) is 4.14. The van der Waals surface area contributed by atoms with Crippen LogP contribution in [0.4, 0.5) is 0 Å². The molecule has 0 spiro atoms. The van der Waals surface area contributed by atoms with Gasteiger partial charge >= 0.3 is 0 Å². The molecule has 0 saturated carbocycles. The number of carbonyl (C=O) groups excluding carboxylic acids is 1. The number of rotatable bonds is 5. The number of thioether (sulfide) groups is 1. The van der Waals surface area contributed by atoms with E-state index in [2.05, 4.69) is 10.2 Å². The van der Waals surface area contributed by atoms with Crippen LogP contribution in [0.1, 0.15) is 19.2 Å². The smallest absolute Gasteiger partial charge is 0.277 e. The van der Waals surface area contributed by atoms with E-state index in [4.69, 9.17) is 10.2 Å². The molecular formula is C10H15N3O4S2. The summed E-state index contributed by atoms with van der Waals surface area (Å²) in [5.41, 5.74) is 5.14. The van der Waals surface area contributed by atoms with Gasteiger partial charge in [0.2, 0.25) is 11.8 Å². The molecule has 0 aliphatic carbocycles. The summed E-state index contributed by atoms with van der Waals surface area (Å²) in [6.07, 6.45) is 1.09. The van der Waals surface area contributed by atoms with Crippen LogP contribution in [0, 0.1) is 5.92 Å². The van der Waals surface area contributed by atoms with Crippen LogP contribution in [0.2, 0.25) is 0 Å². The normalized spacial score (nSPS) is 23.3. The van der Waals surface area contributed by atoms with Crippen molar-refractivity contribution < 1.29 is 17.6 Å². The summed E-state index contributed by atoms with van der Waals surface area (Å²) < 4.78 is 28.0. The number of amides is 1. The van der Waals surface area contributed by atoms with Crippen LogP contribution < -0.4 is 5.73 Å². The summed E-state index contributed by atoms with van der Waals surface area (Å²) in [6, 6.07) is 0. The molecule has 19 heavy (non-hydrogen) atoms. The molecule has 1 saturated heterocycles. The average molecular weight is 305 g/mol. The van der Waals surface area contributed by atoms with E-state index >= 15 is 0 Å². The highest BCUT2D eigenvalue weighted by atomic mass is 32.2. The topological polar surface area (TPSA) is 116 Å². The zero-order valence-electron chi connectivity index (χ0n) is 10.4. The van der Waals surface area contributed by atoms with Crippen molar-refractivity contribution in [1.29, 1.82) is 0 Å². The van der Waals surface area contributed by atoms with E-state index < -0.39 is 21.0 Å². The van der Waals surface area contributed by atoms with Gasteiger partial charge < -0.3 is 10.2 Å². The Labute approximate surface area is 115 Å². The minimum Gasteiger partial charge on any atom is -0.416 e. The second-order valence-corrected chi connectivity index (χ2v) is 8.12. The molecule has 9 heteroatoms. The number of nitrogens with zero attached hydrogens (tertiary/aromatic N) is 2. The highest BCUT2D eigenvalue weighted by Gasteiger charge is 2.29. The summed E-state index contributed by atoms with van der Waals surface area (Å²) in [6.45, 7) is 1.65. The Morgan fingerprint density at radius 2 is 2.32 bits per heavy atom. The standard InChI is InChI=1S/C10H15N3O4S2/c1-6(9(11)14)18-10-13-12-8(17-10)4-7-2-3-19(15,16)5-7/h6-7H,2-5H2,1H3,(H2,11,14)/t6-,7+/m0/s1. The van der Waals surface area contributed by atoms with Crippen LogP contribution in [0.25, 0.3) is 0 Å². The maximum Gasteiger partial charge on any atom is 0.277 e. The van der Waals surface area contributed by atoms with Gasteiger partial charge in [0.15, 0.2) is 9.84 Å². The monoisotopic (exact) mass is 305 g/mol. The SMILES string of the molecule is C[C@H](Sc1nnc(C[C@H]2CCS(=O)(=O)C2)o1)C(N)=O. The molecule has 7 nitrogen and oxygen atoms in total. The van der Waals surface area contributed by atoms with E-state index in [1.807, 2.05) is 0 Å². The number of primary amides is 1. The fraction of sp³-hybridized carbons (Fsp3) is 0.700. The van der Waals surface area contributed by atoms with Gasteiger partial charge in [0, 0.05) is 6.42 Å². The van der Waals surface area contributed by atoms with Crippen LogP contribution in [0.3, 0.4) is 0 Å². The van der Waals surface area contributed by atoms with E-state index in [0.717, 1.165) is 11.8 Å². The van der Waals surface area contributed by atoms with Crippen molar-refractivity contribution in [1.82, 2.24) is 10.2 Å². The minimum absolute atomic E-state index is 0.0388. The van der Waals surface area contributed by atoms with Crippen molar-refractivity contribution in [3.05, 3.63) is 5.89 Å². The molecule has 1 aliphatic heterocycles. The zero-order valence-corrected chi connectivity index (χ0v) is 12.0. The lowest BCUT2D eigenvalue weighted by molar-refractivity contribution is -0.117. The highest BCUT2D eigenvalue weighted by Crippen LogP contribution is 2.25. The lowest BCUT2D eigenvalue weighted by atomic mass is 10.1. The molecule has 1 aromatic heterocycles. The van der Waals surface area contributed by atoms with Gasteiger partial charge in [-0.15, -0.1) is 10.2 Å². The Bertz CT molecular complexity index is 569. The van der Waals surface area contributed by atoms with Crippen molar-refractivity contribution in [2.75, 3.05) is 11.5 Å². The molecule has 2 N–H and O–H groups in total. The van der Waals surface area contributed by atoms with E-state index in [1.54, 1.807) is 6.92 Å². The molecule has 106 valence electrons. The Morgan fingerprint density at radius 3 is 2.89 bits per heavy atom. The molecule has 2 rings (SSSR count). The first-order valence-corrected chi connectivity index (χ1v) is 8.54. The molecule has 0 radical (unpaired) electrons. The van der Waals surface area contributed by atoms with Gasteiger partial charge in [-0.3, -0.25) is 4.79 Å². The van der Waals surface area contributed by atoms with E-state index in [9.17, 15) is 13.2 Å². The number of nitrogens with two attached hydrogens (primary N) is 1. The molecule has 2 atom stereocenters. The maximum atomic E-state index is 11.3. The lowest BCUT2D eigenvalue weighted by Crippen LogP contribution is -2.22. The van der Waals surface area contributed by atoms with E-state index in [-0.39, 0.29) is 22.6 Å². The number of sulfone groups is 1. The third-order valence-corrected chi connectivity index (χ3v) is 5.71. The van der Waals surface area contributed by atoms with Crippen LogP contribution in [0.5, 0.6) is 0 Å². The average Bonchev–Trinajstić information content (AvgIpc) is 2.86. The van der Waals surface area contributed by atoms with Crippen molar-refractivity contribution >= 4 is 27.5 Å². The Morgan fingerprint density at radius 1 is 1.58 bits per heavy atom. The van der Waals surface area contributed by atoms with E-state index in [0.29, 0.717) is 18.7 Å². The van der Waals surface area contributed by atoms with Gasteiger partial charge in [0.1, 0.15) is 0 Å². The maximum absolute atomic E-state index is 11.3. The summed E-state index contributed by atoms with van der Waals surface area (Å²) in [7, 11) is -2.90. The fourth-order valence-corrected chi connectivity index (χ4v) is 4.37. The first-order chi connectivity index (χ1) is 8.85. The Hall–Kier alpha value is -1.09. The van der Waals surface area contributed by atoms with Crippen LogP contribution >= 0.6 is 11.8 Å². The summed E-state index contributed by atoms with van der Waals surface area (Å²) in [5.74, 6) is 0.395. The van der Waals surface area contributed by atoms with Crippen LogP contribution in [-0.4, -0.2) is 41.3 Å². The number of carbonyl (C=O) groups is 1. The second-order valence-electron chi connectivity index (χ2n) is 4.60. The van der Waals surface area contributed by atoms with Crippen molar-refractivity contribution in [3.63, 3.8) is 0 Å². The number of aromatic nitrogens is 2. The first kappa shape index (κ1) is 14.3. The van der Waals surface area contributed by atoms with Gasteiger partial charge in [-0.25, -0.2) is 8.42 Å². The molecule has 1 amide bonds. The van der Waals surface area contributed by atoms with Gasteiger partial charge in [-0.05, 0) is 19.3 Å². The summed E-state index contributed by atoms with van der Waals surface area (Å²) >= 11 is 1.10. The molecule has 0 bridgehead atoms. The lowest BCUT2D eigenvalue weighted by Gasteiger charge is -2.03. The van der Waals surface area contributed by atoms with Crippen LogP contribution in [0.15, 0.2) is 9.64 Å². The molecule has 1 fully saturated rings. The van der Waals surface area contributed by atoms with Gasteiger partial charge in [0.25, 0.3) is 5.22 Å². The second kappa shape index (κ2) is 5.49. The summed E-state index contributed by atoms with van der Waals surface area (Å²) in [5, 5.41) is 7.50. The molecule has 0 aromatic carbocycles. The third-order valence-electron chi connectivity index (χ3n) is 2.92. The summed E-state index contributed by atoms with van der Waals surface area (Å²) in [4.78, 5) is 10.9. The predicted molar refractivity (Wildman–Crippen MR) is 69.3 cm³/mol. The van der Waals surface area contributed by atoms with Crippen molar-refractivity contribution in [2.45, 2.75) is 30.2 Å². The molecule has 0 unspecified atom stereocenters. The predicted octanol–water partition coefficient (Wildman–Crippen LogP) is 0.0127.